The minimum atomic E-state index is -4.46. The number of oxime groups is 1. The summed E-state index contributed by atoms with van der Waals surface area (Å²) in [6.45, 7) is 5.28. The number of amides is 1. The van der Waals surface area contributed by atoms with Gasteiger partial charge < -0.3 is 20.0 Å². The van der Waals surface area contributed by atoms with Gasteiger partial charge in [0.2, 0.25) is 0 Å². The van der Waals surface area contributed by atoms with Crippen LogP contribution in [0.4, 0.5) is 18.0 Å². The van der Waals surface area contributed by atoms with E-state index in [0.717, 1.165) is 12.1 Å². The molecule has 1 rings (SSSR count). The first-order chi connectivity index (χ1) is 13.4. The number of alkyl carbamates (subject to hydrolysis) is 1. The van der Waals surface area contributed by atoms with Crippen molar-refractivity contribution in [1.82, 2.24) is 5.32 Å². The van der Waals surface area contributed by atoms with Gasteiger partial charge in [-0.2, -0.15) is 13.2 Å². The highest BCUT2D eigenvalue weighted by atomic mass is 19.4. The van der Waals surface area contributed by atoms with Crippen molar-refractivity contribution in [3.05, 3.63) is 35.4 Å². The van der Waals surface area contributed by atoms with Gasteiger partial charge in [-0.1, -0.05) is 17.3 Å². The first-order valence-electron chi connectivity index (χ1n) is 8.93. The Morgan fingerprint density at radius 2 is 1.72 bits per heavy atom. The molecule has 0 unspecified atom stereocenters. The minimum Gasteiger partial charge on any atom is -0.481 e. The lowest BCUT2D eigenvalue weighted by Crippen LogP contribution is -2.34. The average molecular weight is 418 g/mol. The largest absolute Gasteiger partial charge is 0.481 e. The molecule has 2 N–H and O–H groups in total. The first kappa shape index (κ1) is 24.3. The molecule has 0 saturated heterocycles. The molecule has 0 aliphatic rings. The highest BCUT2D eigenvalue weighted by Crippen LogP contribution is 2.29. The molecule has 1 amide bonds. The summed E-state index contributed by atoms with van der Waals surface area (Å²) in [4.78, 5) is 27.3. The Morgan fingerprint density at radius 3 is 2.24 bits per heavy atom. The smallest absolute Gasteiger partial charge is 0.416 e. The fourth-order valence-electron chi connectivity index (χ4n) is 2.14. The van der Waals surface area contributed by atoms with Crippen LogP contribution in [0.5, 0.6) is 0 Å². The lowest BCUT2D eigenvalue weighted by molar-refractivity contribution is -0.138. The SMILES string of the molecule is CC(C)(C)OC(=O)NCCON=C(CCCC(=O)O)c1ccc(C(F)(F)F)cc1. The average Bonchev–Trinajstić information content (AvgIpc) is 2.57. The molecule has 0 radical (unpaired) electrons. The van der Waals surface area contributed by atoms with Gasteiger partial charge in [-0.3, -0.25) is 4.79 Å². The Hall–Kier alpha value is -2.78. The van der Waals surface area contributed by atoms with E-state index in [-0.39, 0.29) is 32.4 Å². The number of carbonyl (C=O) groups excluding carboxylic acids is 1. The van der Waals surface area contributed by atoms with Crippen LogP contribution in [-0.2, 0) is 20.5 Å². The third kappa shape index (κ3) is 10.4. The summed E-state index contributed by atoms with van der Waals surface area (Å²) in [5.41, 5.74) is -0.724. The molecule has 0 bridgehead atoms. The number of hydrogen-bond donors (Lipinski definition) is 2. The molecule has 0 fully saturated rings. The summed E-state index contributed by atoms with van der Waals surface area (Å²) in [6.07, 6.45) is -4.73. The fraction of sp³-hybridized carbons (Fsp3) is 0.526. The number of hydrogen-bond acceptors (Lipinski definition) is 5. The van der Waals surface area contributed by atoms with Crippen molar-refractivity contribution in [3.8, 4) is 0 Å². The van der Waals surface area contributed by atoms with Crippen molar-refractivity contribution in [1.29, 1.82) is 0 Å². The maximum Gasteiger partial charge on any atom is 0.416 e. The summed E-state index contributed by atoms with van der Waals surface area (Å²) in [7, 11) is 0. The number of carboxylic acids is 1. The molecule has 0 atom stereocenters. The molecular formula is C19H25F3N2O5. The van der Waals surface area contributed by atoms with E-state index >= 15 is 0 Å². The monoisotopic (exact) mass is 418 g/mol. The van der Waals surface area contributed by atoms with E-state index in [2.05, 4.69) is 10.5 Å². The van der Waals surface area contributed by atoms with Crippen LogP contribution >= 0.6 is 0 Å². The van der Waals surface area contributed by atoms with E-state index in [0.29, 0.717) is 11.3 Å². The number of ether oxygens (including phenoxy) is 1. The second-order valence-corrected chi connectivity index (χ2v) is 7.12. The number of carboxylic acid groups (broad SMARTS) is 1. The molecule has 0 saturated carbocycles. The molecule has 0 aromatic heterocycles. The van der Waals surface area contributed by atoms with Crippen molar-refractivity contribution in [2.45, 2.75) is 51.8 Å². The van der Waals surface area contributed by atoms with Gasteiger partial charge in [0.25, 0.3) is 0 Å². The quantitative estimate of drug-likeness (QED) is 0.356. The molecule has 10 heteroatoms. The number of halogens is 3. The Morgan fingerprint density at radius 1 is 1.10 bits per heavy atom. The van der Waals surface area contributed by atoms with Crippen molar-refractivity contribution in [2.24, 2.45) is 5.16 Å². The van der Waals surface area contributed by atoms with E-state index in [1.54, 1.807) is 20.8 Å². The zero-order chi connectivity index (χ0) is 22.1. The maximum atomic E-state index is 12.7. The van der Waals surface area contributed by atoms with Crippen LogP contribution in [0.2, 0.25) is 0 Å². The number of nitrogens with one attached hydrogen (secondary N) is 1. The van der Waals surface area contributed by atoms with E-state index < -0.39 is 29.4 Å². The summed E-state index contributed by atoms with van der Waals surface area (Å²) in [5.74, 6) is -0.987. The van der Waals surface area contributed by atoms with Crippen LogP contribution in [-0.4, -0.2) is 41.6 Å². The minimum absolute atomic E-state index is 0.00229. The van der Waals surface area contributed by atoms with Gasteiger partial charge in [0.1, 0.15) is 12.2 Å². The molecule has 0 aliphatic heterocycles. The molecule has 1 aromatic carbocycles. The van der Waals surface area contributed by atoms with Gasteiger partial charge in [-0.05, 0) is 51.3 Å². The van der Waals surface area contributed by atoms with E-state index in [1.807, 2.05) is 0 Å². The van der Waals surface area contributed by atoms with Gasteiger partial charge in [0.05, 0.1) is 17.8 Å². The van der Waals surface area contributed by atoms with Crippen molar-refractivity contribution < 1.29 is 37.4 Å². The molecule has 0 heterocycles. The zero-order valence-corrected chi connectivity index (χ0v) is 16.5. The third-order valence-electron chi connectivity index (χ3n) is 3.39. The lowest BCUT2D eigenvalue weighted by atomic mass is 10.0. The fourth-order valence-corrected chi connectivity index (χ4v) is 2.14. The third-order valence-corrected chi connectivity index (χ3v) is 3.39. The zero-order valence-electron chi connectivity index (χ0n) is 16.5. The molecular weight excluding hydrogens is 393 g/mol. The second kappa shape index (κ2) is 10.7. The molecule has 29 heavy (non-hydrogen) atoms. The molecule has 1 aromatic rings. The topological polar surface area (TPSA) is 97.2 Å². The number of carbonyl (C=O) groups is 2. The van der Waals surface area contributed by atoms with Gasteiger partial charge in [-0.15, -0.1) is 0 Å². The highest BCUT2D eigenvalue weighted by molar-refractivity contribution is 6.00. The Bertz CT molecular complexity index is 710. The van der Waals surface area contributed by atoms with Crippen LogP contribution in [0.3, 0.4) is 0 Å². The van der Waals surface area contributed by atoms with Crippen LogP contribution < -0.4 is 5.32 Å². The van der Waals surface area contributed by atoms with Crippen LogP contribution in [0.1, 0.15) is 51.2 Å². The number of nitrogens with zero attached hydrogens (tertiary/aromatic N) is 1. The second-order valence-electron chi connectivity index (χ2n) is 7.12. The molecule has 0 spiro atoms. The van der Waals surface area contributed by atoms with E-state index in [4.69, 9.17) is 14.7 Å². The van der Waals surface area contributed by atoms with Crippen molar-refractivity contribution in [2.75, 3.05) is 13.2 Å². The molecule has 7 nitrogen and oxygen atoms in total. The van der Waals surface area contributed by atoms with Gasteiger partial charge in [0.15, 0.2) is 0 Å². The Kier molecular flexibility index (Phi) is 8.93. The van der Waals surface area contributed by atoms with Gasteiger partial charge >= 0.3 is 18.2 Å². The number of alkyl halides is 3. The van der Waals surface area contributed by atoms with Crippen molar-refractivity contribution in [3.63, 3.8) is 0 Å². The number of aliphatic carboxylic acids is 1. The summed E-state index contributed by atoms with van der Waals surface area (Å²) in [6, 6.07) is 4.35. The maximum absolute atomic E-state index is 12.7. The van der Waals surface area contributed by atoms with E-state index in [9.17, 15) is 22.8 Å². The summed E-state index contributed by atoms with van der Waals surface area (Å²) in [5, 5.41) is 15.1. The van der Waals surface area contributed by atoms with Gasteiger partial charge in [0, 0.05) is 6.42 Å². The lowest BCUT2D eigenvalue weighted by Gasteiger charge is -2.19. The predicted molar refractivity (Wildman–Crippen MR) is 99.7 cm³/mol. The molecule has 162 valence electrons. The number of rotatable bonds is 9. The molecule has 0 aliphatic carbocycles. The van der Waals surface area contributed by atoms with Crippen LogP contribution in [0.25, 0.3) is 0 Å². The predicted octanol–water partition coefficient (Wildman–Crippen LogP) is 4.21. The van der Waals surface area contributed by atoms with Gasteiger partial charge in [-0.25, -0.2) is 4.79 Å². The highest BCUT2D eigenvalue weighted by Gasteiger charge is 2.30. The first-order valence-corrected chi connectivity index (χ1v) is 8.93. The summed E-state index contributed by atoms with van der Waals surface area (Å²) >= 11 is 0. The Labute approximate surface area is 166 Å². The summed E-state index contributed by atoms with van der Waals surface area (Å²) < 4.78 is 43.2. The normalized spacial score (nSPS) is 12.4. The Balaban J connectivity index is 2.69. The van der Waals surface area contributed by atoms with Crippen LogP contribution in [0, 0.1) is 0 Å². The van der Waals surface area contributed by atoms with Crippen LogP contribution in [0.15, 0.2) is 29.4 Å². The van der Waals surface area contributed by atoms with Crippen molar-refractivity contribution >= 4 is 17.8 Å². The van der Waals surface area contributed by atoms with E-state index in [1.165, 1.54) is 12.1 Å². The number of benzene rings is 1. The standard InChI is InChI=1S/C19H25F3N2O5/c1-18(2,3)29-17(27)23-11-12-28-24-15(5-4-6-16(25)26)13-7-9-14(10-8-13)19(20,21)22/h7-10H,4-6,11-12H2,1-3H3,(H,23,27)(H,25,26).